The molecule has 1 aliphatic heterocycles. The van der Waals surface area contributed by atoms with E-state index in [1.54, 1.807) is 11.8 Å². The summed E-state index contributed by atoms with van der Waals surface area (Å²) in [6, 6.07) is 17.4. The van der Waals surface area contributed by atoms with E-state index < -0.39 is 0 Å². The summed E-state index contributed by atoms with van der Waals surface area (Å²) in [6.45, 7) is 5.17. The smallest absolute Gasteiger partial charge is 0.265 e. The van der Waals surface area contributed by atoms with Crippen molar-refractivity contribution in [3.8, 4) is 16.2 Å². The van der Waals surface area contributed by atoms with E-state index in [4.69, 9.17) is 4.74 Å². The molecule has 1 N–H and O–H groups in total. The summed E-state index contributed by atoms with van der Waals surface area (Å²) in [5.74, 6) is 0.749. The molecule has 0 atom stereocenters. The van der Waals surface area contributed by atoms with Gasteiger partial charge in [0.05, 0.1) is 4.88 Å². The summed E-state index contributed by atoms with van der Waals surface area (Å²) < 4.78 is 5.79. The largest absolute Gasteiger partial charge is 0.488 e. The van der Waals surface area contributed by atoms with Crippen LogP contribution in [0.15, 0.2) is 54.6 Å². The van der Waals surface area contributed by atoms with Crippen molar-refractivity contribution in [3.05, 3.63) is 70.6 Å². The van der Waals surface area contributed by atoms with Gasteiger partial charge in [-0.25, -0.2) is 0 Å². The number of nitrogens with one attached hydrogen (secondary N) is 1. The number of anilines is 1. The Kier molecular flexibility index (Phi) is 5.36. The molecule has 148 valence electrons. The van der Waals surface area contributed by atoms with Crippen molar-refractivity contribution in [3.63, 3.8) is 0 Å². The van der Waals surface area contributed by atoms with Crippen molar-refractivity contribution >= 4 is 28.8 Å². The quantitative estimate of drug-likeness (QED) is 0.654. The Morgan fingerprint density at radius 1 is 1.14 bits per heavy atom. The van der Waals surface area contributed by atoms with E-state index >= 15 is 0 Å². The lowest BCUT2D eigenvalue weighted by Crippen LogP contribution is -2.27. The van der Waals surface area contributed by atoms with Crippen LogP contribution in [0.5, 0.6) is 5.75 Å². The van der Waals surface area contributed by atoms with Gasteiger partial charge >= 0.3 is 0 Å². The number of thiophene rings is 1. The first kappa shape index (κ1) is 19.2. The van der Waals surface area contributed by atoms with Gasteiger partial charge in [0.1, 0.15) is 12.4 Å². The van der Waals surface area contributed by atoms with Gasteiger partial charge in [-0.05, 0) is 42.8 Å². The molecule has 0 unspecified atom stereocenters. The highest BCUT2D eigenvalue weighted by molar-refractivity contribution is 7.17. The Hall–Kier alpha value is -3.12. The summed E-state index contributed by atoms with van der Waals surface area (Å²) in [7, 11) is 0. The number of carbonyl (C=O) groups is 2. The summed E-state index contributed by atoms with van der Waals surface area (Å²) in [6.07, 6.45) is 0. The van der Waals surface area contributed by atoms with Crippen molar-refractivity contribution < 1.29 is 14.3 Å². The molecule has 6 heteroatoms. The molecule has 2 heterocycles. The third-order valence-corrected chi connectivity index (χ3v) is 6.14. The van der Waals surface area contributed by atoms with Crippen molar-refractivity contribution in [2.45, 2.75) is 27.0 Å². The van der Waals surface area contributed by atoms with Crippen LogP contribution >= 0.6 is 11.3 Å². The minimum Gasteiger partial charge on any atom is -0.488 e. The van der Waals surface area contributed by atoms with Crippen LogP contribution in [0.1, 0.15) is 34.6 Å². The molecule has 2 amide bonds. The third kappa shape index (κ3) is 4.03. The van der Waals surface area contributed by atoms with Gasteiger partial charge in [0.2, 0.25) is 5.91 Å². The van der Waals surface area contributed by atoms with Crippen LogP contribution in [0.25, 0.3) is 10.4 Å². The minimum atomic E-state index is -0.141. The maximum absolute atomic E-state index is 12.8. The Morgan fingerprint density at radius 2 is 1.97 bits per heavy atom. The number of hydrogen-bond acceptors (Lipinski definition) is 4. The number of rotatable bonds is 5. The predicted molar refractivity (Wildman–Crippen MR) is 115 cm³/mol. The highest BCUT2D eigenvalue weighted by Crippen LogP contribution is 2.42. The van der Waals surface area contributed by atoms with Gasteiger partial charge in [0, 0.05) is 41.7 Å². The summed E-state index contributed by atoms with van der Waals surface area (Å²) >= 11 is 1.48. The lowest BCUT2D eigenvalue weighted by atomic mass is 10.1. The van der Waals surface area contributed by atoms with Gasteiger partial charge in [0.25, 0.3) is 5.91 Å². The van der Waals surface area contributed by atoms with E-state index in [9.17, 15) is 9.59 Å². The Balaban J connectivity index is 1.52. The van der Waals surface area contributed by atoms with E-state index in [-0.39, 0.29) is 11.8 Å². The summed E-state index contributed by atoms with van der Waals surface area (Å²) in [5, 5.41) is 2.98. The Morgan fingerprint density at radius 3 is 2.76 bits per heavy atom. The molecule has 1 aromatic heterocycles. The first-order valence-corrected chi connectivity index (χ1v) is 10.4. The monoisotopic (exact) mass is 406 g/mol. The SMILES string of the molecule is CCN(Cc1cccc(NC(=O)c2cc3c(s2)-c2ccccc2OC3)c1)C(C)=O. The number of nitrogens with zero attached hydrogens (tertiary/aromatic N) is 1. The molecule has 0 spiro atoms. The highest BCUT2D eigenvalue weighted by Gasteiger charge is 2.22. The number of para-hydroxylation sites is 1. The molecule has 1 aliphatic rings. The van der Waals surface area contributed by atoms with Crippen LogP contribution in [-0.2, 0) is 17.9 Å². The minimum absolute atomic E-state index is 0.0357. The van der Waals surface area contributed by atoms with Gasteiger partial charge in [-0.15, -0.1) is 11.3 Å². The lowest BCUT2D eigenvalue weighted by molar-refractivity contribution is -0.129. The molecule has 0 aliphatic carbocycles. The normalized spacial score (nSPS) is 11.8. The maximum Gasteiger partial charge on any atom is 0.265 e. The second-order valence-corrected chi connectivity index (χ2v) is 7.99. The van der Waals surface area contributed by atoms with Crippen LogP contribution in [0.2, 0.25) is 0 Å². The van der Waals surface area contributed by atoms with Crippen LogP contribution in [0, 0.1) is 0 Å². The molecule has 0 saturated carbocycles. The first-order valence-electron chi connectivity index (χ1n) is 9.56. The fraction of sp³-hybridized carbons (Fsp3) is 0.217. The number of carbonyl (C=O) groups excluding carboxylic acids is 2. The molecule has 0 saturated heterocycles. The van der Waals surface area contributed by atoms with E-state index in [0.717, 1.165) is 33.0 Å². The average Bonchev–Trinajstić information content (AvgIpc) is 3.17. The molecule has 2 aromatic carbocycles. The van der Waals surface area contributed by atoms with E-state index in [2.05, 4.69) is 5.32 Å². The average molecular weight is 407 g/mol. The number of amides is 2. The lowest BCUT2D eigenvalue weighted by Gasteiger charge is -2.19. The second-order valence-electron chi connectivity index (χ2n) is 6.94. The fourth-order valence-corrected chi connectivity index (χ4v) is 4.51. The van der Waals surface area contributed by atoms with Gasteiger partial charge < -0.3 is 15.0 Å². The molecular formula is C23H22N2O3S. The Bertz CT molecular complexity index is 1070. The van der Waals surface area contributed by atoms with Crippen LogP contribution < -0.4 is 10.1 Å². The fourth-order valence-electron chi connectivity index (χ4n) is 3.42. The van der Waals surface area contributed by atoms with Crippen molar-refractivity contribution in [1.82, 2.24) is 4.90 Å². The first-order chi connectivity index (χ1) is 14.0. The third-order valence-electron chi connectivity index (χ3n) is 4.93. The molecule has 0 fully saturated rings. The Labute approximate surface area is 173 Å². The molecule has 29 heavy (non-hydrogen) atoms. The zero-order valence-corrected chi connectivity index (χ0v) is 17.2. The number of fused-ring (bicyclic) bond motifs is 3. The number of ether oxygens (including phenoxy) is 1. The predicted octanol–water partition coefficient (Wildman–Crippen LogP) is 4.93. The van der Waals surface area contributed by atoms with Gasteiger partial charge in [-0.1, -0.05) is 24.3 Å². The molecule has 0 bridgehead atoms. The number of hydrogen-bond donors (Lipinski definition) is 1. The van der Waals surface area contributed by atoms with E-state index in [1.165, 1.54) is 11.3 Å². The van der Waals surface area contributed by atoms with Crippen molar-refractivity contribution in [2.75, 3.05) is 11.9 Å². The number of benzene rings is 2. The van der Waals surface area contributed by atoms with Crippen LogP contribution in [0.4, 0.5) is 5.69 Å². The zero-order chi connectivity index (χ0) is 20.4. The van der Waals surface area contributed by atoms with Gasteiger partial charge in [-0.3, -0.25) is 9.59 Å². The van der Waals surface area contributed by atoms with Gasteiger partial charge in [0.15, 0.2) is 0 Å². The highest BCUT2D eigenvalue weighted by atomic mass is 32.1. The molecular weight excluding hydrogens is 384 g/mol. The van der Waals surface area contributed by atoms with Crippen LogP contribution in [0.3, 0.4) is 0 Å². The van der Waals surface area contributed by atoms with Crippen LogP contribution in [-0.4, -0.2) is 23.3 Å². The van der Waals surface area contributed by atoms with Crippen molar-refractivity contribution in [1.29, 1.82) is 0 Å². The zero-order valence-electron chi connectivity index (χ0n) is 16.4. The summed E-state index contributed by atoms with van der Waals surface area (Å²) in [5.41, 5.74) is 3.76. The van der Waals surface area contributed by atoms with Gasteiger partial charge in [-0.2, -0.15) is 0 Å². The summed E-state index contributed by atoms with van der Waals surface area (Å²) in [4.78, 5) is 28.0. The van der Waals surface area contributed by atoms with E-state index in [0.29, 0.717) is 24.6 Å². The molecule has 0 radical (unpaired) electrons. The molecule has 3 aromatic rings. The van der Waals surface area contributed by atoms with E-state index in [1.807, 2.05) is 61.5 Å². The maximum atomic E-state index is 12.8. The second kappa shape index (κ2) is 8.09. The molecule has 5 nitrogen and oxygen atoms in total. The topological polar surface area (TPSA) is 58.6 Å². The standard InChI is InChI=1S/C23H22N2O3S/c1-3-25(15(2)26)13-16-7-6-8-18(11-16)24-23(27)21-12-17-14-28-20-10-5-4-9-19(20)22(17)29-21/h4-12H,3,13-14H2,1-2H3,(H,24,27). The molecule has 4 rings (SSSR count). The van der Waals surface area contributed by atoms with Crippen molar-refractivity contribution in [2.24, 2.45) is 0 Å².